The lowest BCUT2D eigenvalue weighted by atomic mass is 10.1. The summed E-state index contributed by atoms with van der Waals surface area (Å²) in [6.07, 6.45) is 6.55. The van der Waals surface area contributed by atoms with E-state index in [2.05, 4.69) is 10.3 Å². The van der Waals surface area contributed by atoms with Gasteiger partial charge in [0.2, 0.25) is 10.0 Å². The van der Waals surface area contributed by atoms with Gasteiger partial charge >= 0.3 is 0 Å². The van der Waals surface area contributed by atoms with Crippen molar-refractivity contribution in [1.82, 2.24) is 13.9 Å². The summed E-state index contributed by atoms with van der Waals surface area (Å²) in [4.78, 5) is 17.0. The lowest BCUT2D eigenvalue weighted by Crippen LogP contribution is -2.35. The number of rotatable bonds is 6. The summed E-state index contributed by atoms with van der Waals surface area (Å²) in [5, 5.41) is 2.83. The van der Waals surface area contributed by atoms with E-state index in [4.69, 9.17) is 0 Å². The molecule has 0 spiro atoms. The molecule has 31 heavy (non-hydrogen) atoms. The number of sulfonamides is 1. The Balaban J connectivity index is 1.40. The minimum Gasteiger partial charge on any atom is -0.331 e. The first-order valence-corrected chi connectivity index (χ1v) is 11.9. The van der Waals surface area contributed by atoms with Crippen molar-refractivity contribution in [3.8, 4) is 0 Å². The molecule has 0 unspecified atom stereocenters. The van der Waals surface area contributed by atoms with Crippen molar-refractivity contribution in [2.75, 3.05) is 18.4 Å². The van der Waals surface area contributed by atoms with E-state index in [1.165, 1.54) is 4.31 Å². The predicted octanol–water partition coefficient (Wildman–Crippen LogP) is 3.67. The number of hydrogen-bond acceptors (Lipinski definition) is 4. The molecule has 1 N–H and O–H groups in total. The van der Waals surface area contributed by atoms with Gasteiger partial charge in [0.25, 0.3) is 5.91 Å². The molecule has 1 aliphatic heterocycles. The van der Waals surface area contributed by atoms with Crippen LogP contribution in [0.4, 0.5) is 5.69 Å². The molecule has 0 atom stereocenters. The number of nitrogens with one attached hydrogen (secondary N) is 1. The third-order valence-electron chi connectivity index (χ3n) is 5.56. The smallest absolute Gasteiger partial charge is 0.255 e. The Bertz CT molecular complexity index is 1150. The molecule has 8 heteroatoms. The summed E-state index contributed by atoms with van der Waals surface area (Å²) in [6, 6.07) is 13.8. The number of amides is 1. The van der Waals surface area contributed by atoms with E-state index in [1.807, 2.05) is 29.8 Å². The molecule has 0 radical (unpaired) electrons. The summed E-state index contributed by atoms with van der Waals surface area (Å²) < 4.78 is 29.1. The van der Waals surface area contributed by atoms with Crippen molar-refractivity contribution in [3.63, 3.8) is 0 Å². The van der Waals surface area contributed by atoms with Gasteiger partial charge < -0.3 is 9.88 Å². The number of piperidine rings is 1. The number of hydrogen-bond donors (Lipinski definition) is 1. The van der Waals surface area contributed by atoms with Crippen LogP contribution >= 0.6 is 0 Å². The van der Waals surface area contributed by atoms with Gasteiger partial charge in [-0.1, -0.05) is 18.6 Å². The summed E-state index contributed by atoms with van der Waals surface area (Å²) in [5.74, 6) is 0.699. The summed E-state index contributed by atoms with van der Waals surface area (Å²) in [5.41, 5.74) is 2.17. The van der Waals surface area contributed by atoms with E-state index in [1.54, 1.807) is 42.6 Å². The second-order valence-corrected chi connectivity index (χ2v) is 9.68. The lowest BCUT2D eigenvalue weighted by molar-refractivity contribution is 0.102. The number of anilines is 1. The molecule has 162 valence electrons. The Morgan fingerprint density at radius 3 is 2.29 bits per heavy atom. The van der Waals surface area contributed by atoms with Gasteiger partial charge in [0.05, 0.1) is 4.90 Å². The van der Waals surface area contributed by atoms with Crippen LogP contribution < -0.4 is 5.32 Å². The highest BCUT2D eigenvalue weighted by molar-refractivity contribution is 7.89. The van der Waals surface area contributed by atoms with Gasteiger partial charge in [-0.15, -0.1) is 0 Å². The molecule has 3 aromatic rings. The molecule has 7 nitrogen and oxygen atoms in total. The summed E-state index contributed by atoms with van der Waals surface area (Å²) in [6.45, 7) is 3.78. The Hall–Kier alpha value is -2.97. The van der Waals surface area contributed by atoms with Crippen LogP contribution in [0.1, 0.15) is 41.0 Å². The molecular weight excluding hydrogens is 412 g/mol. The summed E-state index contributed by atoms with van der Waals surface area (Å²) in [7, 11) is -3.47. The molecule has 2 aromatic carbocycles. The average Bonchev–Trinajstić information content (AvgIpc) is 3.19. The number of nitrogens with zero attached hydrogens (tertiary/aromatic N) is 3. The van der Waals surface area contributed by atoms with Gasteiger partial charge in [-0.3, -0.25) is 4.79 Å². The van der Waals surface area contributed by atoms with Crippen molar-refractivity contribution in [3.05, 3.63) is 77.9 Å². The first-order valence-electron chi connectivity index (χ1n) is 10.4. The van der Waals surface area contributed by atoms with Crippen molar-refractivity contribution in [1.29, 1.82) is 0 Å². The van der Waals surface area contributed by atoms with Gasteiger partial charge in [-0.2, -0.15) is 4.31 Å². The third-order valence-corrected chi connectivity index (χ3v) is 7.47. The Morgan fingerprint density at radius 2 is 1.68 bits per heavy atom. The number of carbonyl (C=O) groups excluding carboxylic acids is 1. The first-order chi connectivity index (χ1) is 14.9. The van der Waals surface area contributed by atoms with E-state index in [9.17, 15) is 13.2 Å². The minimum absolute atomic E-state index is 0.239. The normalized spacial score (nSPS) is 15.0. The van der Waals surface area contributed by atoms with Crippen LogP contribution in [0.15, 0.2) is 65.8 Å². The number of benzene rings is 2. The Labute approximate surface area is 182 Å². The molecule has 1 saturated heterocycles. The van der Waals surface area contributed by atoms with E-state index in [0.29, 0.717) is 30.9 Å². The first kappa shape index (κ1) is 21.3. The van der Waals surface area contributed by atoms with Gasteiger partial charge in [0, 0.05) is 43.3 Å². The standard InChI is InChI=1S/C23H26N4O3S/c1-18-24-13-16-26(18)17-19-5-7-20(8-6-19)23(28)25-21-9-11-22(12-10-21)31(29,30)27-14-3-2-4-15-27/h5-13,16H,2-4,14-15,17H2,1H3,(H,25,28). The molecule has 0 saturated carbocycles. The van der Waals surface area contributed by atoms with Crippen LogP contribution in [0, 0.1) is 6.92 Å². The topological polar surface area (TPSA) is 84.3 Å². The average molecular weight is 439 g/mol. The van der Waals surface area contributed by atoms with Crippen LogP contribution in [0.3, 0.4) is 0 Å². The molecule has 1 fully saturated rings. The lowest BCUT2D eigenvalue weighted by Gasteiger charge is -2.25. The molecule has 0 aliphatic carbocycles. The fraction of sp³-hybridized carbons (Fsp3) is 0.304. The monoisotopic (exact) mass is 438 g/mol. The zero-order chi connectivity index (χ0) is 21.8. The fourth-order valence-corrected chi connectivity index (χ4v) is 5.21. The van der Waals surface area contributed by atoms with Crippen molar-refractivity contribution in [2.45, 2.75) is 37.6 Å². The van der Waals surface area contributed by atoms with Crippen molar-refractivity contribution in [2.24, 2.45) is 0 Å². The van der Waals surface area contributed by atoms with E-state index < -0.39 is 10.0 Å². The van der Waals surface area contributed by atoms with Crippen LogP contribution in [0.2, 0.25) is 0 Å². The molecule has 2 heterocycles. The maximum absolute atomic E-state index is 12.7. The second kappa shape index (κ2) is 9.03. The van der Waals surface area contributed by atoms with Crippen LogP contribution in [0.5, 0.6) is 0 Å². The summed E-state index contributed by atoms with van der Waals surface area (Å²) >= 11 is 0. The maximum Gasteiger partial charge on any atom is 0.255 e. The molecule has 4 rings (SSSR count). The van der Waals surface area contributed by atoms with Crippen LogP contribution in [0.25, 0.3) is 0 Å². The fourth-order valence-electron chi connectivity index (χ4n) is 3.70. The van der Waals surface area contributed by atoms with Crippen LogP contribution in [-0.2, 0) is 16.6 Å². The highest BCUT2D eigenvalue weighted by Gasteiger charge is 2.25. The van der Waals surface area contributed by atoms with Gasteiger partial charge in [0.1, 0.15) is 5.82 Å². The SMILES string of the molecule is Cc1nccn1Cc1ccc(C(=O)Nc2ccc(S(=O)(=O)N3CCCCC3)cc2)cc1. The minimum atomic E-state index is -3.47. The van der Waals surface area contributed by atoms with Gasteiger partial charge in [-0.25, -0.2) is 13.4 Å². The zero-order valence-corrected chi connectivity index (χ0v) is 18.3. The Morgan fingerprint density at radius 1 is 1.00 bits per heavy atom. The number of aromatic nitrogens is 2. The third kappa shape index (κ3) is 4.86. The van der Waals surface area contributed by atoms with Crippen LogP contribution in [-0.4, -0.2) is 41.3 Å². The highest BCUT2D eigenvalue weighted by atomic mass is 32.2. The largest absolute Gasteiger partial charge is 0.331 e. The van der Waals surface area contributed by atoms with Gasteiger partial charge in [-0.05, 0) is 61.7 Å². The van der Waals surface area contributed by atoms with E-state index >= 15 is 0 Å². The number of imidazole rings is 1. The molecule has 1 aliphatic rings. The quantitative estimate of drug-likeness (QED) is 0.636. The molecule has 0 bridgehead atoms. The number of carbonyl (C=O) groups is 1. The maximum atomic E-state index is 12.7. The second-order valence-electron chi connectivity index (χ2n) is 7.74. The van der Waals surface area contributed by atoms with Crippen molar-refractivity contribution >= 4 is 21.6 Å². The van der Waals surface area contributed by atoms with E-state index in [0.717, 1.165) is 30.7 Å². The highest BCUT2D eigenvalue weighted by Crippen LogP contribution is 2.22. The molecular formula is C23H26N4O3S. The van der Waals surface area contributed by atoms with Crippen molar-refractivity contribution < 1.29 is 13.2 Å². The van der Waals surface area contributed by atoms with E-state index in [-0.39, 0.29) is 10.8 Å². The Kier molecular flexibility index (Phi) is 6.20. The molecule has 1 amide bonds. The van der Waals surface area contributed by atoms with Gasteiger partial charge in [0.15, 0.2) is 0 Å². The zero-order valence-electron chi connectivity index (χ0n) is 17.5. The number of aryl methyl sites for hydroxylation is 1. The predicted molar refractivity (Wildman–Crippen MR) is 120 cm³/mol. The molecule has 1 aromatic heterocycles.